The van der Waals surface area contributed by atoms with Gasteiger partial charge in [-0.3, -0.25) is 0 Å². The Morgan fingerprint density at radius 1 is 1.24 bits per heavy atom. The average Bonchev–Trinajstić information content (AvgIpc) is 3.02. The van der Waals surface area contributed by atoms with Crippen molar-refractivity contribution < 1.29 is 17.5 Å². The molecule has 0 saturated carbocycles. The van der Waals surface area contributed by atoms with Crippen LogP contribution in [0.2, 0.25) is 0 Å². The summed E-state index contributed by atoms with van der Waals surface area (Å²) in [6.07, 6.45) is 3.24. The zero-order valence-corrected chi connectivity index (χ0v) is 17.0. The smallest absolute Gasteiger partial charge is 0.240 e. The minimum atomic E-state index is -3.83. The topological polar surface area (TPSA) is 111 Å². The summed E-state index contributed by atoms with van der Waals surface area (Å²) < 4.78 is 47.9. The Hall–Kier alpha value is -2.89. The van der Waals surface area contributed by atoms with Gasteiger partial charge in [0.25, 0.3) is 0 Å². The minimum absolute atomic E-state index is 0.0548. The van der Waals surface area contributed by atoms with E-state index in [0.717, 1.165) is 17.6 Å². The van der Waals surface area contributed by atoms with E-state index in [1.807, 2.05) is 18.5 Å². The molecule has 3 rings (SSSR count). The second kappa shape index (κ2) is 8.64. The molecule has 0 unspecified atom stereocenters. The van der Waals surface area contributed by atoms with Gasteiger partial charge in [-0.05, 0) is 31.2 Å². The Morgan fingerprint density at radius 3 is 2.69 bits per heavy atom. The number of methoxy groups -OCH3 is 1. The molecule has 0 aliphatic rings. The molecule has 29 heavy (non-hydrogen) atoms. The third-order valence-electron chi connectivity index (χ3n) is 4.23. The van der Waals surface area contributed by atoms with Crippen molar-refractivity contribution in [1.29, 1.82) is 0 Å². The van der Waals surface area contributed by atoms with Gasteiger partial charge < -0.3 is 14.6 Å². The van der Waals surface area contributed by atoms with E-state index in [-0.39, 0.29) is 29.7 Å². The summed E-state index contributed by atoms with van der Waals surface area (Å²) in [6.45, 7) is 2.18. The number of aromatic nitrogens is 4. The Bertz CT molecular complexity index is 1120. The molecule has 9 nitrogen and oxygen atoms in total. The summed E-state index contributed by atoms with van der Waals surface area (Å²) in [7, 11) is -0.502. The number of benzene rings is 1. The molecule has 0 radical (unpaired) electrons. The van der Waals surface area contributed by atoms with Gasteiger partial charge in [0.05, 0.1) is 34.8 Å². The number of nitrogens with one attached hydrogen (secondary N) is 2. The first kappa shape index (κ1) is 20.8. The lowest BCUT2D eigenvalue weighted by atomic mass is 10.3. The second-order valence-electron chi connectivity index (χ2n) is 6.17. The number of halogens is 1. The van der Waals surface area contributed by atoms with E-state index >= 15 is 0 Å². The number of anilines is 2. The molecule has 0 atom stereocenters. The molecule has 0 fully saturated rings. The number of rotatable bonds is 8. The monoisotopic (exact) mass is 420 g/mol. The molecule has 0 aliphatic carbocycles. The molecule has 154 valence electrons. The van der Waals surface area contributed by atoms with Crippen LogP contribution in [0.5, 0.6) is 0 Å². The molecule has 0 spiro atoms. The third-order valence-corrected chi connectivity index (χ3v) is 5.69. The molecular formula is C18H21FN6O3S. The average molecular weight is 420 g/mol. The van der Waals surface area contributed by atoms with Gasteiger partial charge in [-0.25, -0.2) is 32.5 Å². The SMILES string of the molecule is COCCNS(=O)(=O)c1ccc(Nc2nccc(-c3cnc(C)n3C)n2)c(F)c1. The summed E-state index contributed by atoms with van der Waals surface area (Å²) in [6, 6.07) is 5.28. The highest BCUT2D eigenvalue weighted by molar-refractivity contribution is 7.89. The molecule has 2 aromatic heterocycles. The van der Waals surface area contributed by atoms with Crippen LogP contribution in [0.4, 0.5) is 16.0 Å². The highest BCUT2D eigenvalue weighted by Crippen LogP contribution is 2.23. The van der Waals surface area contributed by atoms with Crippen LogP contribution in [0.3, 0.4) is 0 Å². The van der Waals surface area contributed by atoms with Gasteiger partial charge >= 0.3 is 0 Å². The van der Waals surface area contributed by atoms with Gasteiger partial charge in [-0.1, -0.05) is 0 Å². The zero-order chi connectivity index (χ0) is 21.0. The largest absolute Gasteiger partial charge is 0.383 e. The fourth-order valence-electron chi connectivity index (χ4n) is 2.55. The first-order valence-electron chi connectivity index (χ1n) is 8.69. The fraction of sp³-hybridized carbons (Fsp3) is 0.278. The number of hydrogen-bond donors (Lipinski definition) is 2. The van der Waals surface area contributed by atoms with Crippen LogP contribution in [-0.4, -0.2) is 48.2 Å². The molecular weight excluding hydrogens is 399 g/mol. The van der Waals surface area contributed by atoms with Gasteiger partial charge in [0, 0.05) is 26.9 Å². The molecule has 3 aromatic rings. The molecule has 1 aromatic carbocycles. The Balaban J connectivity index is 1.81. The quantitative estimate of drug-likeness (QED) is 0.536. The molecule has 0 aliphatic heterocycles. The van der Waals surface area contributed by atoms with E-state index in [1.54, 1.807) is 18.5 Å². The van der Waals surface area contributed by atoms with Crippen molar-refractivity contribution in [1.82, 2.24) is 24.2 Å². The lowest BCUT2D eigenvalue weighted by molar-refractivity contribution is 0.204. The van der Waals surface area contributed by atoms with Crippen molar-refractivity contribution in [2.75, 3.05) is 25.6 Å². The number of imidazole rings is 1. The van der Waals surface area contributed by atoms with Gasteiger partial charge in [0.1, 0.15) is 11.6 Å². The van der Waals surface area contributed by atoms with Crippen LogP contribution in [-0.2, 0) is 21.8 Å². The van der Waals surface area contributed by atoms with E-state index in [9.17, 15) is 12.8 Å². The van der Waals surface area contributed by atoms with E-state index in [4.69, 9.17) is 4.74 Å². The highest BCUT2D eigenvalue weighted by atomic mass is 32.2. The lowest BCUT2D eigenvalue weighted by Crippen LogP contribution is -2.27. The first-order valence-corrected chi connectivity index (χ1v) is 10.2. The number of hydrogen-bond acceptors (Lipinski definition) is 7. The van der Waals surface area contributed by atoms with Crippen LogP contribution in [0.1, 0.15) is 5.82 Å². The summed E-state index contributed by atoms with van der Waals surface area (Å²) in [5.74, 6) is 0.258. The Labute approximate surface area is 168 Å². The van der Waals surface area contributed by atoms with Crippen LogP contribution in [0, 0.1) is 12.7 Å². The van der Waals surface area contributed by atoms with Crippen molar-refractivity contribution in [2.45, 2.75) is 11.8 Å². The normalized spacial score (nSPS) is 11.6. The van der Waals surface area contributed by atoms with E-state index in [0.29, 0.717) is 5.69 Å². The standard InChI is InChI=1S/C18H21FN6O3S/c1-12-21-11-17(25(12)2)16-6-7-20-18(24-16)23-15-5-4-13(10-14(15)19)29(26,27)22-8-9-28-3/h4-7,10-11,22H,8-9H2,1-3H3,(H,20,23,24). The molecule has 0 bridgehead atoms. The highest BCUT2D eigenvalue weighted by Gasteiger charge is 2.16. The Kier molecular flexibility index (Phi) is 6.20. The van der Waals surface area contributed by atoms with Crippen molar-refractivity contribution in [3.63, 3.8) is 0 Å². The van der Waals surface area contributed by atoms with Crippen molar-refractivity contribution >= 4 is 21.7 Å². The Morgan fingerprint density at radius 2 is 2.03 bits per heavy atom. The van der Waals surface area contributed by atoms with Crippen molar-refractivity contribution in [3.05, 3.63) is 48.3 Å². The fourth-order valence-corrected chi connectivity index (χ4v) is 3.57. The number of ether oxygens (including phenoxy) is 1. The van der Waals surface area contributed by atoms with Crippen LogP contribution in [0.15, 0.2) is 41.6 Å². The third kappa shape index (κ3) is 4.75. The van der Waals surface area contributed by atoms with E-state index in [1.165, 1.54) is 19.2 Å². The van der Waals surface area contributed by atoms with Gasteiger partial charge in [-0.15, -0.1) is 0 Å². The predicted octanol–water partition coefficient (Wildman–Crippen LogP) is 1.99. The first-order chi connectivity index (χ1) is 13.8. The summed E-state index contributed by atoms with van der Waals surface area (Å²) >= 11 is 0. The number of aryl methyl sites for hydroxylation is 1. The van der Waals surface area contributed by atoms with Gasteiger partial charge in [-0.2, -0.15) is 0 Å². The zero-order valence-electron chi connectivity index (χ0n) is 16.2. The van der Waals surface area contributed by atoms with Crippen LogP contribution in [0.25, 0.3) is 11.4 Å². The number of sulfonamides is 1. The molecule has 11 heteroatoms. The molecule has 2 N–H and O–H groups in total. The van der Waals surface area contributed by atoms with E-state index in [2.05, 4.69) is 25.0 Å². The summed E-state index contributed by atoms with van der Waals surface area (Å²) in [5, 5.41) is 2.78. The van der Waals surface area contributed by atoms with Crippen LogP contribution >= 0.6 is 0 Å². The predicted molar refractivity (Wildman–Crippen MR) is 106 cm³/mol. The summed E-state index contributed by atoms with van der Waals surface area (Å²) in [4.78, 5) is 12.5. The van der Waals surface area contributed by atoms with Gasteiger partial charge in [0.2, 0.25) is 16.0 Å². The summed E-state index contributed by atoms with van der Waals surface area (Å²) in [5.41, 5.74) is 1.46. The molecule has 0 amide bonds. The van der Waals surface area contributed by atoms with E-state index < -0.39 is 15.8 Å². The van der Waals surface area contributed by atoms with Crippen molar-refractivity contribution in [2.24, 2.45) is 7.05 Å². The maximum atomic E-state index is 14.5. The maximum Gasteiger partial charge on any atom is 0.240 e. The van der Waals surface area contributed by atoms with Crippen molar-refractivity contribution in [3.8, 4) is 11.4 Å². The molecule has 2 heterocycles. The maximum absolute atomic E-state index is 14.5. The minimum Gasteiger partial charge on any atom is -0.383 e. The number of nitrogens with zero attached hydrogens (tertiary/aromatic N) is 4. The molecule has 0 saturated heterocycles. The van der Waals surface area contributed by atoms with Crippen LogP contribution < -0.4 is 10.0 Å². The van der Waals surface area contributed by atoms with Gasteiger partial charge in [0.15, 0.2) is 0 Å². The second-order valence-corrected chi connectivity index (χ2v) is 7.94. The lowest BCUT2D eigenvalue weighted by Gasteiger charge is -2.10.